The third kappa shape index (κ3) is 5.31. The second-order valence-corrected chi connectivity index (χ2v) is 4.60. The first-order chi connectivity index (χ1) is 8.17. The van der Waals surface area contributed by atoms with Crippen LogP contribution in [0.4, 0.5) is 0 Å². The molecule has 5 nitrogen and oxygen atoms in total. The van der Waals surface area contributed by atoms with Gasteiger partial charge >= 0.3 is 0 Å². The smallest absolute Gasteiger partial charge is 0.177 e. The predicted molar refractivity (Wildman–Crippen MR) is 66.4 cm³/mol. The van der Waals surface area contributed by atoms with Gasteiger partial charge in [0.2, 0.25) is 0 Å². The molecule has 1 rings (SSSR count). The van der Waals surface area contributed by atoms with Crippen LogP contribution >= 0.6 is 0 Å². The lowest BCUT2D eigenvalue weighted by atomic mass is 10.1. The first-order valence-corrected chi connectivity index (χ1v) is 6.40. The monoisotopic (exact) mass is 246 g/mol. The van der Waals surface area contributed by atoms with Gasteiger partial charge in [0.1, 0.15) is 0 Å². The van der Waals surface area contributed by atoms with Gasteiger partial charge in [-0.3, -0.25) is 5.01 Å². The first-order valence-electron chi connectivity index (χ1n) is 6.40. The van der Waals surface area contributed by atoms with Crippen LogP contribution in [0.3, 0.4) is 0 Å². The fourth-order valence-corrected chi connectivity index (χ4v) is 1.94. The Balaban J connectivity index is 2.48. The lowest BCUT2D eigenvalue weighted by Gasteiger charge is -2.36. The maximum atomic E-state index is 5.76. The maximum Gasteiger partial charge on any atom is 0.177 e. The normalized spacial score (nSPS) is 27.4. The van der Waals surface area contributed by atoms with Crippen molar-refractivity contribution in [1.29, 1.82) is 0 Å². The number of ether oxygens (including phenoxy) is 3. The van der Waals surface area contributed by atoms with Crippen molar-refractivity contribution in [3.05, 3.63) is 0 Å². The summed E-state index contributed by atoms with van der Waals surface area (Å²) in [6, 6.07) is 0.183. The van der Waals surface area contributed by atoms with Crippen LogP contribution in [-0.2, 0) is 14.2 Å². The van der Waals surface area contributed by atoms with Gasteiger partial charge in [-0.1, -0.05) is 19.8 Å². The fraction of sp³-hybridized carbons (Fsp3) is 1.00. The summed E-state index contributed by atoms with van der Waals surface area (Å²) in [5, 5.41) is 1.95. The summed E-state index contributed by atoms with van der Waals surface area (Å²) in [7, 11) is 5.64. The van der Waals surface area contributed by atoms with Gasteiger partial charge in [0.25, 0.3) is 0 Å². The van der Waals surface area contributed by atoms with Crippen LogP contribution in [0.25, 0.3) is 0 Å². The van der Waals surface area contributed by atoms with Gasteiger partial charge in [0, 0.05) is 27.6 Å². The first kappa shape index (κ1) is 14.9. The minimum absolute atomic E-state index is 0.137. The molecule has 0 radical (unpaired) electrons. The molecule has 0 aliphatic carbocycles. The average Bonchev–Trinajstić information content (AvgIpc) is 2.34. The molecule has 0 aromatic carbocycles. The van der Waals surface area contributed by atoms with Gasteiger partial charge in [-0.25, -0.2) is 5.43 Å². The zero-order valence-corrected chi connectivity index (χ0v) is 11.4. The highest BCUT2D eigenvalue weighted by molar-refractivity contribution is 4.72. The maximum absolute atomic E-state index is 5.76. The Labute approximate surface area is 104 Å². The molecule has 17 heavy (non-hydrogen) atoms. The van der Waals surface area contributed by atoms with Gasteiger partial charge in [-0.2, -0.15) is 0 Å². The Morgan fingerprint density at radius 3 is 2.82 bits per heavy atom. The van der Waals surface area contributed by atoms with Gasteiger partial charge in [0.15, 0.2) is 12.6 Å². The fourth-order valence-electron chi connectivity index (χ4n) is 1.94. The molecule has 1 aliphatic heterocycles. The van der Waals surface area contributed by atoms with Crippen molar-refractivity contribution in [3.63, 3.8) is 0 Å². The molecule has 0 amide bonds. The minimum atomic E-state index is -0.220. The molecule has 0 aromatic heterocycles. The summed E-state index contributed by atoms with van der Waals surface area (Å²) in [4.78, 5) is 0. The SMILES string of the molecule is CCCC[C@@H](NN(C)C)[C@H]1OCC[C@@H](OC)O1. The predicted octanol–water partition coefficient (Wildman–Crippen LogP) is 1.35. The van der Waals surface area contributed by atoms with E-state index in [0.717, 1.165) is 19.3 Å². The van der Waals surface area contributed by atoms with Crippen molar-refractivity contribution in [2.24, 2.45) is 0 Å². The van der Waals surface area contributed by atoms with Crippen molar-refractivity contribution >= 4 is 0 Å². The second kappa shape index (κ2) is 8.00. The minimum Gasteiger partial charge on any atom is -0.356 e. The van der Waals surface area contributed by atoms with E-state index in [1.807, 2.05) is 19.1 Å². The molecule has 1 N–H and O–H groups in total. The highest BCUT2D eigenvalue weighted by Crippen LogP contribution is 2.18. The molecule has 0 bridgehead atoms. The molecule has 1 aliphatic rings. The van der Waals surface area contributed by atoms with Crippen molar-refractivity contribution < 1.29 is 14.2 Å². The standard InChI is InChI=1S/C12H26N2O3/c1-5-6-7-10(13-14(2)3)12-16-9-8-11(15-4)17-12/h10-13H,5-9H2,1-4H3/t10-,11+,12+/m1/s1. The number of hydrogen-bond acceptors (Lipinski definition) is 5. The van der Waals surface area contributed by atoms with Gasteiger partial charge in [-0.15, -0.1) is 0 Å². The van der Waals surface area contributed by atoms with E-state index in [9.17, 15) is 0 Å². The number of methoxy groups -OCH3 is 1. The van der Waals surface area contributed by atoms with Crippen molar-refractivity contribution in [2.75, 3.05) is 27.8 Å². The Bertz CT molecular complexity index is 202. The van der Waals surface area contributed by atoms with Crippen LogP contribution in [-0.4, -0.2) is 51.4 Å². The zero-order chi connectivity index (χ0) is 12.7. The highest BCUT2D eigenvalue weighted by atomic mass is 16.8. The number of nitrogens with zero attached hydrogens (tertiary/aromatic N) is 1. The summed E-state index contributed by atoms with van der Waals surface area (Å²) >= 11 is 0. The molecule has 0 unspecified atom stereocenters. The Hall–Kier alpha value is -0.200. The van der Waals surface area contributed by atoms with Crippen molar-refractivity contribution in [1.82, 2.24) is 10.4 Å². The number of unbranched alkanes of at least 4 members (excludes halogenated alkanes) is 1. The summed E-state index contributed by atoms with van der Waals surface area (Å²) in [5.41, 5.74) is 3.36. The second-order valence-electron chi connectivity index (χ2n) is 4.60. The van der Waals surface area contributed by atoms with Gasteiger partial charge in [-0.05, 0) is 6.42 Å². The van der Waals surface area contributed by atoms with Crippen LogP contribution in [0.2, 0.25) is 0 Å². The van der Waals surface area contributed by atoms with Crippen LogP contribution in [0.1, 0.15) is 32.6 Å². The topological polar surface area (TPSA) is 43.0 Å². The molecule has 3 atom stereocenters. The Morgan fingerprint density at radius 2 is 2.24 bits per heavy atom. The Morgan fingerprint density at radius 1 is 1.47 bits per heavy atom. The van der Waals surface area contributed by atoms with E-state index in [2.05, 4.69) is 12.3 Å². The van der Waals surface area contributed by atoms with E-state index in [-0.39, 0.29) is 18.6 Å². The van der Waals surface area contributed by atoms with E-state index in [0.29, 0.717) is 6.61 Å². The van der Waals surface area contributed by atoms with Crippen LogP contribution in [0.15, 0.2) is 0 Å². The number of hydrogen-bond donors (Lipinski definition) is 1. The summed E-state index contributed by atoms with van der Waals surface area (Å²) < 4.78 is 16.7. The average molecular weight is 246 g/mol. The molecule has 1 heterocycles. The molecule has 0 aromatic rings. The summed E-state index contributed by atoms with van der Waals surface area (Å²) in [6.45, 7) is 2.88. The van der Waals surface area contributed by atoms with E-state index >= 15 is 0 Å². The quantitative estimate of drug-likeness (QED) is 0.687. The van der Waals surface area contributed by atoms with Crippen LogP contribution < -0.4 is 5.43 Å². The van der Waals surface area contributed by atoms with E-state index < -0.39 is 0 Å². The lowest BCUT2D eigenvalue weighted by Crippen LogP contribution is -2.51. The van der Waals surface area contributed by atoms with Gasteiger partial charge < -0.3 is 14.2 Å². The molecule has 0 saturated carbocycles. The molecule has 102 valence electrons. The molecule has 1 fully saturated rings. The molecule has 1 saturated heterocycles. The van der Waals surface area contributed by atoms with Crippen molar-refractivity contribution in [3.8, 4) is 0 Å². The van der Waals surface area contributed by atoms with Crippen molar-refractivity contribution in [2.45, 2.75) is 51.2 Å². The van der Waals surface area contributed by atoms with Crippen LogP contribution in [0.5, 0.6) is 0 Å². The van der Waals surface area contributed by atoms with Gasteiger partial charge in [0.05, 0.1) is 12.6 Å². The Kier molecular flexibility index (Phi) is 6.99. The number of nitrogens with one attached hydrogen (secondary N) is 1. The molecular weight excluding hydrogens is 220 g/mol. The zero-order valence-electron chi connectivity index (χ0n) is 11.4. The number of rotatable bonds is 7. The highest BCUT2D eigenvalue weighted by Gasteiger charge is 2.29. The third-order valence-electron chi connectivity index (χ3n) is 2.81. The lowest BCUT2D eigenvalue weighted by molar-refractivity contribution is -0.289. The van der Waals surface area contributed by atoms with Crippen LogP contribution in [0, 0.1) is 0 Å². The van der Waals surface area contributed by atoms with E-state index in [1.165, 1.54) is 6.42 Å². The molecule has 0 spiro atoms. The number of hydrazine groups is 1. The molecule has 5 heteroatoms. The van der Waals surface area contributed by atoms with E-state index in [1.54, 1.807) is 7.11 Å². The molecular formula is C12H26N2O3. The summed E-state index contributed by atoms with van der Waals surface area (Å²) in [6.07, 6.45) is 3.81. The third-order valence-corrected chi connectivity index (χ3v) is 2.81. The van der Waals surface area contributed by atoms with E-state index in [4.69, 9.17) is 14.2 Å². The largest absolute Gasteiger partial charge is 0.356 e. The summed E-state index contributed by atoms with van der Waals surface area (Å²) in [5.74, 6) is 0.